The summed E-state index contributed by atoms with van der Waals surface area (Å²) in [5.74, 6) is -0.195. The number of carbonyl (C=O) groups excluding carboxylic acids is 1. The Bertz CT molecular complexity index is 709. The van der Waals surface area contributed by atoms with Crippen molar-refractivity contribution >= 4 is 46.5 Å². The van der Waals surface area contributed by atoms with Crippen LogP contribution >= 0.6 is 34.9 Å². The lowest BCUT2D eigenvalue weighted by Crippen LogP contribution is -2.23. The molecule has 2 aromatic rings. The van der Waals surface area contributed by atoms with E-state index >= 15 is 0 Å². The molecule has 0 aliphatic carbocycles. The number of hydrogen-bond donors (Lipinski definition) is 1. The first-order chi connectivity index (χ1) is 11.3. The smallest absolute Gasteiger partial charge is 0.237 e. The zero-order valence-corrected chi connectivity index (χ0v) is 15.8. The molecule has 1 aromatic heterocycles. The minimum Gasteiger partial charge on any atom is -0.323 e. The summed E-state index contributed by atoms with van der Waals surface area (Å²) in [5, 5.41) is 10.0. The molecule has 1 atom stereocenters. The third-order valence-electron chi connectivity index (χ3n) is 2.76. The summed E-state index contributed by atoms with van der Waals surface area (Å²) in [7, 11) is 0. The van der Waals surface area contributed by atoms with E-state index in [9.17, 15) is 13.6 Å². The van der Waals surface area contributed by atoms with Crippen LogP contribution in [-0.2, 0) is 4.79 Å². The molecule has 0 bridgehead atoms. The molecular weight excluding hydrogens is 372 g/mol. The highest BCUT2D eigenvalue weighted by Crippen LogP contribution is 2.32. The van der Waals surface area contributed by atoms with Gasteiger partial charge in [-0.05, 0) is 25.0 Å². The molecule has 0 aliphatic rings. The van der Waals surface area contributed by atoms with Crippen LogP contribution in [0.25, 0.3) is 0 Å². The number of anilines is 1. The van der Waals surface area contributed by atoms with Crippen LogP contribution in [0.15, 0.2) is 26.9 Å². The Morgan fingerprint density at radius 1 is 1.25 bits per heavy atom. The number of rotatable bonds is 7. The standard InChI is InChI=1S/C15H17F2N3OS3/c1-8(2)7-22-14-19-20-15(24-14)23-9(3)13(21)18-12-6-10(16)4-5-11(12)17/h4-6,8-9H,7H2,1-3H3,(H,18,21)/t9-/m1/s1. The number of thioether (sulfide) groups is 2. The normalized spacial score (nSPS) is 12.4. The lowest BCUT2D eigenvalue weighted by molar-refractivity contribution is -0.115. The molecule has 9 heteroatoms. The van der Waals surface area contributed by atoms with Crippen LogP contribution in [0.3, 0.4) is 0 Å². The Labute approximate surface area is 151 Å². The number of aromatic nitrogens is 2. The van der Waals surface area contributed by atoms with Crippen molar-refractivity contribution in [3.63, 3.8) is 0 Å². The molecule has 1 amide bonds. The fourth-order valence-electron chi connectivity index (χ4n) is 1.57. The van der Waals surface area contributed by atoms with Gasteiger partial charge in [0.1, 0.15) is 11.6 Å². The first kappa shape index (κ1) is 19.1. The second kappa shape index (κ2) is 8.77. The number of benzene rings is 1. The predicted molar refractivity (Wildman–Crippen MR) is 95.8 cm³/mol. The third kappa shape index (κ3) is 5.71. The Hall–Kier alpha value is -1.19. The van der Waals surface area contributed by atoms with Gasteiger partial charge in [-0.2, -0.15) is 0 Å². The highest BCUT2D eigenvalue weighted by Gasteiger charge is 2.19. The SMILES string of the molecule is CC(C)CSc1nnc(S[C@H](C)C(=O)Nc2cc(F)ccc2F)s1. The number of halogens is 2. The molecule has 0 saturated heterocycles. The molecule has 24 heavy (non-hydrogen) atoms. The van der Waals surface area contributed by atoms with Crippen LogP contribution < -0.4 is 5.32 Å². The number of carbonyl (C=O) groups is 1. The van der Waals surface area contributed by atoms with Gasteiger partial charge in [0.2, 0.25) is 5.91 Å². The lowest BCUT2D eigenvalue weighted by atomic mass is 10.3. The van der Waals surface area contributed by atoms with E-state index in [1.54, 1.807) is 18.7 Å². The maximum absolute atomic E-state index is 13.6. The van der Waals surface area contributed by atoms with Gasteiger partial charge in [0, 0.05) is 11.8 Å². The molecule has 0 spiro atoms. The van der Waals surface area contributed by atoms with Crippen molar-refractivity contribution < 1.29 is 13.6 Å². The van der Waals surface area contributed by atoms with Crippen LogP contribution in [0.4, 0.5) is 14.5 Å². The van der Waals surface area contributed by atoms with Gasteiger partial charge >= 0.3 is 0 Å². The summed E-state index contributed by atoms with van der Waals surface area (Å²) in [5.41, 5.74) is -0.169. The van der Waals surface area contributed by atoms with Crippen molar-refractivity contribution in [2.45, 2.75) is 34.7 Å². The molecule has 2 rings (SSSR count). The summed E-state index contributed by atoms with van der Waals surface area (Å²) in [4.78, 5) is 12.1. The Morgan fingerprint density at radius 3 is 2.67 bits per heavy atom. The molecule has 0 unspecified atom stereocenters. The van der Waals surface area contributed by atoms with Crippen molar-refractivity contribution in [3.05, 3.63) is 29.8 Å². The predicted octanol–water partition coefficient (Wildman–Crippen LogP) is 4.68. The van der Waals surface area contributed by atoms with Crippen molar-refractivity contribution in [1.29, 1.82) is 0 Å². The molecule has 1 N–H and O–H groups in total. The Balaban J connectivity index is 1.93. The van der Waals surface area contributed by atoms with Crippen LogP contribution in [0.1, 0.15) is 20.8 Å². The largest absolute Gasteiger partial charge is 0.323 e. The molecular formula is C15H17F2N3OS3. The summed E-state index contributed by atoms with van der Waals surface area (Å²) in [6.07, 6.45) is 0. The molecule has 4 nitrogen and oxygen atoms in total. The molecule has 1 aromatic carbocycles. The van der Waals surface area contributed by atoms with Crippen molar-refractivity contribution in [1.82, 2.24) is 10.2 Å². The van der Waals surface area contributed by atoms with Crippen molar-refractivity contribution in [2.24, 2.45) is 5.92 Å². The third-order valence-corrected chi connectivity index (χ3v) is 6.43. The quantitative estimate of drug-likeness (QED) is 0.697. The molecule has 130 valence electrons. The van der Waals surface area contributed by atoms with E-state index in [0.717, 1.165) is 28.3 Å². The average molecular weight is 390 g/mol. The van der Waals surface area contributed by atoms with Crippen LogP contribution in [0.5, 0.6) is 0 Å². The minimum absolute atomic E-state index is 0.169. The second-order valence-electron chi connectivity index (χ2n) is 5.41. The van der Waals surface area contributed by atoms with Crippen LogP contribution in [0.2, 0.25) is 0 Å². The lowest BCUT2D eigenvalue weighted by Gasteiger charge is -2.10. The fraction of sp³-hybridized carbons (Fsp3) is 0.400. The zero-order chi connectivity index (χ0) is 17.7. The van der Waals surface area contributed by atoms with E-state index in [1.807, 2.05) is 0 Å². The van der Waals surface area contributed by atoms with Crippen molar-refractivity contribution in [3.8, 4) is 0 Å². The molecule has 0 saturated carbocycles. The van der Waals surface area contributed by atoms with Gasteiger partial charge in [0.15, 0.2) is 8.68 Å². The maximum atomic E-state index is 13.6. The number of amides is 1. The van der Waals surface area contributed by atoms with Gasteiger partial charge in [-0.3, -0.25) is 4.79 Å². The zero-order valence-electron chi connectivity index (χ0n) is 13.4. The monoisotopic (exact) mass is 389 g/mol. The topological polar surface area (TPSA) is 54.9 Å². The molecule has 1 heterocycles. The van der Waals surface area contributed by atoms with E-state index in [2.05, 4.69) is 29.4 Å². The van der Waals surface area contributed by atoms with E-state index in [4.69, 9.17) is 0 Å². The maximum Gasteiger partial charge on any atom is 0.237 e. The summed E-state index contributed by atoms with van der Waals surface area (Å²) < 4.78 is 28.2. The highest BCUT2D eigenvalue weighted by atomic mass is 32.2. The Morgan fingerprint density at radius 2 is 1.96 bits per heavy atom. The first-order valence-electron chi connectivity index (χ1n) is 7.24. The second-order valence-corrected chi connectivity index (χ2v) is 9.24. The Kier molecular flexibility index (Phi) is 7.00. The van der Waals surface area contributed by atoms with Gasteiger partial charge in [0.25, 0.3) is 0 Å². The average Bonchev–Trinajstić information content (AvgIpc) is 2.96. The van der Waals surface area contributed by atoms with Crippen molar-refractivity contribution in [2.75, 3.05) is 11.1 Å². The first-order valence-corrected chi connectivity index (χ1v) is 9.92. The fourth-order valence-corrected chi connectivity index (χ4v) is 4.71. The number of nitrogens with one attached hydrogen (secondary N) is 1. The van der Waals surface area contributed by atoms with Gasteiger partial charge in [-0.1, -0.05) is 48.7 Å². The highest BCUT2D eigenvalue weighted by molar-refractivity contribution is 8.03. The van der Waals surface area contributed by atoms with E-state index in [1.165, 1.54) is 23.1 Å². The van der Waals surface area contributed by atoms with E-state index in [-0.39, 0.29) is 5.69 Å². The van der Waals surface area contributed by atoms with Gasteiger partial charge in [0.05, 0.1) is 10.9 Å². The summed E-state index contributed by atoms with van der Waals surface area (Å²) >= 11 is 4.29. The molecule has 0 aliphatic heterocycles. The van der Waals surface area contributed by atoms with Gasteiger partial charge < -0.3 is 5.32 Å². The van der Waals surface area contributed by atoms with Crippen LogP contribution in [-0.4, -0.2) is 27.1 Å². The summed E-state index contributed by atoms with van der Waals surface area (Å²) in [6, 6.07) is 2.93. The number of hydrogen-bond acceptors (Lipinski definition) is 6. The number of nitrogens with zero attached hydrogens (tertiary/aromatic N) is 2. The van der Waals surface area contributed by atoms with E-state index in [0.29, 0.717) is 10.3 Å². The van der Waals surface area contributed by atoms with Gasteiger partial charge in [-0.25, -0.2) is 8.78 Å². The van der Waals surface area contributed by atoms with Gasteiger partial charge in [-0.15, -0.1) is 10.2 Å². The van der Waals surface area contributed by atoms with Crippen LogP contribution in [0, 0.1) is 17.6 Å². The summed E-state index contributed by atoms with van der Waals surface area (Å²) in [6.45, 7) is 5.93. The molecule has 0 fully saturated rings. The minimum atomic E-state index is -0.676. The molecule has 0 radical (unpaired) electrons. The van der Waals surface area contributed by atoms with E-state index < -0.39 is 22.8 Å².